The summed E-state index contributed by atoms with van der Waals surface area (Å²) in [6.45, 7) is 8.87. The van der Waals surface area contributed by atoms with Crippen LogP contribution in [0.2, 0.25) is 0 Å². The van der Waals surface area contributed by atoms with E-state index >= 15 is 0 Å². The van der Waals surface area contributed by atoms with E-state index in [2.05, 4.69) is 25.3 Å². The second kappa shape index (κ2) is 11.3. The summed E-state index contributed by atoms with van der Waals surface area (Å²) in [6, 6.07) is 4.44. The summed E-state index contributed by atoms with van der Waals surface area (Å²) in [4.78, 5) is 16.8. The fourth-order valence-corrected chi connectivity index (χ4v) is 2.64. The minimum atomic E-state index is 0. The molecule has 0 spiro atoms. The number of nitrogens with zero attached hydrogens (tertiary/aromatic N) is 4. The van der Waals surface area contributed by atoms with E-state index in [9.17, 15) is 0 Å². The Morgan fingerprint density at radius 2 is 1.44 bits per heavy atom. The topological polar surface area (TPSA) is 89.6 Å². The van der Waals surface area contributed by atoms with Gasteiger partial charge in [-0.15, -0.1) is 24.8 Å². The van der Waals surface area contributed by atoms with Gasteiger partial charge in [-0.05, 0) is 59.2 Å². The van der Waals surface area contributed by atoms with E-state index in [1.807, 2.05) is 39.8 Å². The Hall–Kier alpha value is -1.34. The number of nitrogens with one attached hydrogen (secondary N) is 1. The monoisotopic (exact) mass is 386 g/mol. The average Bonchev–Trinajstić information content (AvgIpc) is 2.46. The average molecular weight is 387 g/mol. The van der Waals surface area contributed by atoms with Gasteiger partial charge in [0.2, 0.25) is 0 Å². The Balaban J connectivity index is 0.000000497. The number of aryl methyl sites for hydroxylation is 4. The minimum absolute atomic E-state index is 0. The van der Waals surface area contributed by atoms with Crippen molar-refractivity contribution < 1.29 is 0 Å². The first-order chi connectivity index (χ1) is 10.9. The molecule has 0 amide bonds. The quantitative estimate of drug-likeness (QED) is 0.782. The summed E-state index contributed by atoms with van der Waals surface area (Å²) in [5, 5.41) is 3.42. The predicted octanol–water partition coefficient (Wildman–Crippen LogP) is 2.78. The molecule has 0 radical (unpaired) electrons. The van der Waals surface area contributed by atoms with Crippen molar-refractivity contribution in [3.8, 4) is 0 Å². The van der Waals surface area contributed by atoms with E-state index in [1.54, 1.807) is 6.33 Å². The smallest absolute Gasteiger partial charge is 0.145 e. The molecule has 1 aliphatic rings. The molecule has 1 fully saturated rings. The molecular formula is C17H28Cl2N6. The maximum Gasteiger partial charge on any atom is 0.145 e. The number of aromatic nitrogens is 4. The van der Waals surface area contributed by atoms with Crippen LogP contribution in [0.4, 0.5) is 0 Å². The Bertz CT molecular complexity index is 615. The van der Waals surface area contributed by atoms with Gasteiger partial charge >= 0.3 is 0 Å². The number of piperidine rings is 1. The van der Waals surface area contributed by atoms with Crippen LogP contribution in [0.5, 0.6) is 0 Å². The zero-order valence-electron chi connectivity index (χ0n) is 15.2. The first-order valence-corrected chi connectivity index (χ1v) is 8.00. The highest BCUT2D eigenvalue weighted by molar-refractivity contribution is 5.85. The maximum atomic E-state index is 5.94. The number of rotatable bonds is 1. The molecule has 25 heavy (non-hydrogen) atoms. The highest BCUT2D eigenvalue weighted by Crippen LogP contribution is 2.19. The lowest BCUT2D eigenvalue weighted by molar-refractivity contribution is 0.357. The SMILES string of the molecule is Cc1cc(C)nc(C2CC(N)CCN2)n1.Cc1cc(C)ncn1.Cl.Cl. The van der Waals surface area contributed by atoms with Gasteiger partial charge in [-0.25, -0.2) is 19.9 Å². The Morgan fingerprint density at radius 1 is 0.920 bits per heavy atom. The molecular weight excluding hydrogens is 359 g/mol. The van der Waals surface area contributed by atoms with Gasteiger partial charge in [0.1, 0.15) is 12.2 Å². The van der Waals surface area contributed by atoms with Crippen LogP contribution in [0.1, 0.15) is 47.5 Å². The summed E-state index contributed by atoms with van der Waals surface area (Å²) in [6.07, 6.45) is 3.55. The number of hydrogen-bond acceptors (Lipinski definition) is 6. The molecule has 0 bridgehead atoms. The Labute approximate surface area is 162 Å². The molecule has 2 unspecified atom stereocenters. The second-order valence-electron chi connectivity index (χ2n) is 6.10. The van der Waals surface area contributed by atoms with Crippen LogP contribution in [0, 0.1) is 27.7 Å². The van der Waals surface area contributed by atoms with Crippen LogP contribution in [0.3, 0.4) is 0 Å². The van der Waals surface area contributed by atoms with Crippen molar-refractivity contribution in [2.24, 2.45) is 5.73 Å². The minimum Gasteiger partial charge on any atom is -0.328 e. The van der Waals surface area contributed by atoms with Gasteiger partial charge in [0.25, 0.3) is 0 Å². The van der Waals surface area contributed by atoms with E-state index in [0.29, 0.717) is 0 Å². The third-order valence-electron chi connectivity index (χ3n) is 3.70. The van der Waals surface area contributed by atoms with Gasteiger partial charge in [-0.3, -0.25) is 0 Å². The lowest BCUT2D eigenvalue weighted by atomic mass is 9.99. The van der Waals surface area contributed by atoms with Gasteiger partial charge in [-0.1, -0.05) is 0 Å². The Morgan fingerprint density at radius 3 is 1.88 bits per heavy atom. The highest BCUT2D eigenvalue weighted by atomic mass is 35.5. The van der Waals surface area contributed by atoms with Crippen molar-refractivity contribution in [1.82, 2.24) is 25.3 Å². The highest BCUT2D eigenvalue weighted by Gasteiger charge is 2.22. The third-order valence-corrected chi connectivity index (χ3v) is 3.70. The molecule has 2 atom stereocenters. The molecule has 0 aromatic carbocycles. The van der Waals surface area contributed by atoms with Crippen LogP contribution in [-0.4, -0.2) is 32.5 Å². The molecule has 2 aromatic rings. The van der Waals surface area contributed by atoms with Crippen LogP contribution in [0.25, 0.3) is 0 Å². The van der Waals surface area contributed by atoms with Gasteiger partial charge in [0.15, 0.2) is 0 Å². The molecule has 0 saturated carbocycles. The predicted molar refractivity (Wildman–Crippen MR) is 105 cm³/mol. The van der Waals surface area contributed by atoms with Crippen LogP contribution < -0.4 is 11.1 Å². The molecule has 3 N–H and O–H groups in total. The molecule has 6 nitrogen and oxygen atoms in total. The summed E-state index contributed by atoms with van der Waals surface area (Å²) >= 11 is 0. The summed E-state index contributed by atoms with van der Waals surface area (Å²) in [7, 11) is 0. The molecule has 8 heteroatoms. The third kappa shape index (κ3) is 8.05. The van der Waals surface area contributed by atoms with E-state index in [-0.39, 0.29) is 36.9 Å². The van der Waals surface area contributed by atoms with Gasteiger partial charge in [0, 0.05) is 28.8 Å². The zero-order valence-corrected chi connectivity index (χ0v) is 16.8. The number of hydrogen-bond donors (Lipinski definition) is 2. The fraction of sp³-hybridized carbons (Fsp3) is 0.529. The van der Waals surface area contributed by atoms with Crippen LogP contribution in [0.15, 0.2) is 18.5 Å². The normalized spacial score (nSPS) is 18.9. The van der Waals surface area contributed by atoms with Crippen molar-refractivity contribution in [1.29, 1.82) is 0 Å². The van der Waals surface area contributed by atoms with Crippen molar-refractivity contribution in [3.63, 3.8) is 0 Å². The molecule has 1 aliphatic heterocycles. The van der Waals surface area contributed by atoms with E-state index < -0.39 is 0 Å². The number of nitrogens with two attached hydrogens (primary N) is 1. The fourth-order valence-electron chi connectivity index (χ4n) is 2.64. The van der Waals surface area contributed by atoms with E-state index in [4.69, 9.17) is 5.73 Å². The molecule has 1 saturated heterocycles. The van der Waals surface area contributed by atoms with Gasteiger partial charge < -0.3 is 11.1 Å². The van der Waals surface area contributed by atoms with Crippen molar-refractivity contribution >= 4 is 24.8 Å². The standard InChI is InChI=1S/C11H18N4.C6H8N2.2ClH/c1-7-5-8(2)15-11(14-7)10-6-9(12)3-4-13-10;1-5-3-6(2)8-4-7-5;;/h5,9-10,13H,3-4,6,12H2,1-2H3;3-4H,1-2H3;2*1H. The maximum absolute atomic E-state index is 5.94. The summed E-state index contributed by atoms with van der Waals surface area (Å²) < 4.78 is 0. The van der Waals surface area contributed by atoms with Crippen molar-refractivity contribution in [3.05, 3.63) is 47.1 Å². The van der Waals surface area contributed by atoms with Gasteiger partial charge in [-0.2, -0.15) is 0 Å². The molecule has 3 heterocycles. The molecule has 2 aromatic heterocycles. The molecule has 0 aliphatic carbocycles. The number of halogens is 2. The Kier molecular flexibility index (Phi) is 10.7. The van der Waals surface area contributed by atoms with E-state index in [1.165, 1.54) is 0 Å². The lowest BCUT2D eigenvalue weighted by Crippen LogP contribution is -2.39. The molecule has 3 rings (SSSR count). The van der Waals surface area contributed by atoms with Gasteiger partial charge in [0.05, 0.1) is 6.04 Å². The summed E-state index contributed by atoms with van der Waals surface area (Å²) in [5.74, 6) is 0.891. The van der Waals surface area contributed by atoms with Crippen LogP contribution in [-0.2, 0) is 0 Å². The van der Waals surface area contributed by atoms with Crippen molar-refractivity contribution in [2.75, 3.05) is 6.54 Å². The van der Waals surface area contributed by atoms with Crippen molar-refractivity contribution in [2.45, 2.75) is 52.6 Å². The lowest BCUT2D eigenvalue weighted by Gasteiger charge is -2.27. The summed E-state index contributed by atoms with van der Waals surface area (Å²) in [5.41, 5.74) is 10.0. The largest absolute Gasteiger partial charge is 0.328 e. The van der Waals surface area contributed by atoms with E-state index in [0.717, 1.165) is 48.0 Å². The molecule has 140 valence electrons. The zero-order chi connectivity index (χ0) is 16.8. The first-order valence-electron chi connectivity index (χ1n) is 8.00. The van der Waals surface area contributed by atoms with Crippen LogP contribution >= 0.6 is 24.8 Å². The first kappa shape index (κ1) is 23.7. The second-order valence-corrected chi connectivity index (χ2v) is 6.10.